The molecule has 3 rings (SSSR count). The van der Waals surface area contributed by atoms with Crippen molar-refractivity contribution in [2.45, 2.75) is 6.92 Å². The summed E-state index contributed by atoms with van der Waals surface area (Å²) < 4.78 is 26.8. The lowest BCUT2D eigenvalue weighted by Crippen LogP contribution is -2.03. The van der Waals surface area contributed by atoms with Crippen LogP contribution in [-0.4, -0.2) is 11.4 Å². The molecule has 0 bridgehead atoms. The molecule has 0 fully saturated rings. The van der Waals surface area contributed by atoms with Crippen LogP contribution >= 0.6 is 0 Å². The van der Waals surface area contributed by atoms with E-state index >= 15 is 0 Å². The van der Waals surface area contributed by atoms with Crippen molar-refractivity contribution in [3.8, 4) is 0 Å². The summed E-state index contributed by atoms with van der Waals surface area (Å²) >= 11 is 0. The van der Waals surface area contributed by atoms with Gasteiger partial charge < -0.3 is 0 Å². The van der Waals surface area contributed by atoms with Crippen molar-refractivity contribution in [2.75, 3.05) is 0 Å². The SMILES string of the molecule is C/C(=N/N=C(c1ccccc1)c1ccccc1)c1cc(F)cc(F)c1. The Bertz CT molecular complexity index is 855. The second-order valence-corrected chi connectivity index (χ2v) is 5.52. The van der Waals surface area contributed by atoms with Crippen molar-refractivity contribution < 1.29 is 8.78 Å². The topological polar surface area (TPSA) is 24.7 Å². The van der Waals surface area contributed by atoms with Gasteiger partial charge in [0.15, 0.2) is 0 Å². The second kappa shape index (κ2) is 7.62. The summed E-state index contributed by atoms with van der Waals surface area (Å²) in [6.07, 6.45) is 0. The van der Waals surface area contributed by atoms with Crippen LogP contribution in [0, 0.1) is 11.6 Å². The third-order valence-electron chi connectivity index (χ3n) is 3.67. The molecule has 0 unspecified atom stereocenters. The van der Waals surface area contributed by atoms with E-state index in [4.69, 9.17) is 0 Å². The summed E-state index contributed by atoms with van der Waals surface area (Å²) in [6.45, 7) is 1.67. The van der Waals surface area contributed by atoms with E-state index in [0.717, 1.165) is 17.2 Å². The molecule has 0 radical (unpaired) electrons. The molecule has 0 aliphatic heterocycles. The summed E-state index contributed by atoms with van der Waals surface area (Å²) in [4.78, 5) is 0. The first-order valence-electron chi connectivity index (χ1n) is 7.83. The van der Waals surface area contributed by atoms with E-state index in [1.165, 1.54) is 12.1 Å². The second-order valence-electron chi connectivity index (χ2n) is 5.52. The quantitative estimate of drug-likeness (QED) is 0.461. The molecule has 0 atom stereocenters. The number of benzene rings is 3. The predicted molar refractivity (Wildman–Crippen MR) is 97.1 cm³/mol. The molecule has 0 aromatic heterocycles. The summed E-state index contributed by atoms with van der Waals surface area (Å²) in [5.41, 5.74) is 3.31. The highest BCUT2D eigenvalue weighted by molar-refractivity contribution is 6.13. The van der Waals surface area contributed by atoms with Gasteiger partial charge in [-0.2, -0.15) is 5.10 Å². The number of rotatable bonds is 4. The van der Waals surface area contributed by atoms with Gasteiger partial charge in [0.1, 0.15) is 17.3 Å². The highest BCUT2D eigenvalue weighted by Crippen LogP contribution is 2.13. The molecule has 4 heteroatoms. The van der Waals surface area contributed by atoms with Crippen molar-refractivity contribution in [1.82, 2.24) is 0 Å². The molecule has 0 N–H and O–H groups in total. The lowest BCUT2D eigenvalue weighted by Gasteiger charge is -2.06. The number of nitrogens with zero attached hydrogens (tertiary/aromatic N) is 2. The zero-order chi connectivity index (χ0) is 17.6. The van der Waals surface area contributed by atoms with Gasteiger partial charge in [-0.25, -0.2) is 8.78 Å². The molecule has 0 aliphatic rings. The van der Waals surface area contributed by atoms with Gasteiger partial charge in [0.05, 0.1) is 5.71 Å². The van der Waals surface area contributed by atoms with Crippen LogP contribution in [0.2, 0.25) is 0 Å². The van der Waals surface area contributed by atoms with Crippen LogP contribution < -0.4 is 0 Å². The fourth-order valence-corrected chi connectivity index (χ4v) is 2.42. The van der Waals surface area contributed by atoms with Crippen molar-refractivity contribution in [3.63, 3.8) is 0 Å². The molecule has 0 saturated carbocycles. The first-order valence-corrected chi connectivity index (χ1v) is 7.83. The van der Waals surface area contributed by atoms with Gasteiger partial charge in [-0.15, -0.1) is 5.10 Å². The minimum absolute atomic E-state index is 0.363. The molecule has 3 aromatic carbocycles. The lowest BCUT2D eigenvalue weighted by atomic mass is 10.0. The smallest absolute Gasteiger partial charge is 0.126 e. The Morgan fingerprint density at radius 3 is 1.60 bits per heavy atom. The number of halogens is 2. The molecule has 0 heterocycles. The molecular weight excluding hydrogens is 318 g/mol. The fraction of sp³-hybridized carbons (Fsp3) is 0.0476. The van der Waals surface area contributed by atoms with Crippen LogP contribution in [-0.2, 0) is 0 Å². The van der Waals surface area contributed by atoms with Crippen LogP contribution in [0.25, 0.3) is 0 Å². The van der Waals surface area contributed by atoms with Crippen LogP contribution in [0.5, 0.6) is 0 Å². The Morgan fingerprint density at radius 2 is 1.12 bits per heavy atom. The molecule has 0 amide bonds. The Morgan fingerprint density at radius 1 is 0.640 bits per heavy atom. The van der Waals surface area contributed by atoms with E-state index < -0.39 is 11.6 Å². The Labute approximate surface area is 145 Å². The van der Waals surface area contributed by atoms with Crippen molar-refractivity contribution in [1.29, 1.82) is 0 Å². The molecule has 0 spiro atoms. The first-order chi connectivity index (χ1) is 12.1. The lowest BCUT2D eigenvalue weighted by molar-refractivity contribution is 0.583. The minimum atomic E-state index is -0.639. The summed E-state index contributed by atoms with van der Waals surface area (Å²) in [5.74, 6) is -1.28. The molecule has 25 heavy (non-hydrogen) atoms. The molecule has 124 valence electrons. The molecular formula is C21H16F2N2. The number of hydrogen-bond donors (Lipinski definition) is 0. The standard InChI is InChI=1S/C21H16F2N2/c1-15(18-12-19(22)14-20(23)13-18)24-25-21(16-8-4-2-5-9-16)17-10-6-3-7-11-17/h2-14H,1H3/b24-15-. The molecule has 0 saturated heterocycles. The third kappa shape index (κ3) is 4.23. The highest BCUT2D eigenvalue weighted by Gasteiger charge is 2.07. The molecule has 0 aliphatic carbocycles. The largest absolute Gasteiger partial charge is 0.207 e. The zero-order valence-corrected chi connectivity index (χ0v) is 13.7. The third-order valence-corrected chi connectivity index (χ3v) is 3.67. The van der Waals surface area contributed by atoms with E-state index in [2.05, 4.69) is 10.2 Å². The summed E-state index contributed by atoms with van der Waals surface area (Å²) in [5, 5.41) is 8.56. The van der Waals surface area contributed by atoms with Gasteiger partial charge in [0.2, 0.25) is 0 Å². The normalized spacial score (nSPS) is 11.2. The maximum atomic E-state index is 13.4. The van der Waals surface area contributed by atoms with E-state index in [1.54, 1.807) is 6.92 Å². The van der Waals surface area contributed by atoms with Crippen molar-refractivity contribution in [2.24, 2.45) is 10.2 Å². The maximum Gasteiger partial charge on any atom is 0.126 e. The Kier molecular flexibility index (Phi) is 5.09. The minimum Gasteiger partial charge on any atom is -0.207 e. The Hall–Kier alpha value is -3.14. The number of hydrogen-bond acceptors (Lipinski definition) is 2. The highest BCUT2D eigenvalue weighted by atomic mass is 19.1. The monoisotopic (exact) mass is 334 g/mol. The average Bonchev–Trinajstić information content (AvgIpc) is 2.63. The van der Waals surface area contributed by atoms with Crippen molar-refractivity contribution >= 4 is 11.4 Å². The van der Waals surface area contributed by atoms with Crippen LogP contribution in [0.15, 0.2) is 89.1 Å². The summed E-state index contributed by atoms with van der Waals surface area (Å²) in [6, 6.07) is 22.6. The average molecular weight is 334 g/mol. The van der Waals surface area contributed by atoms with Gasteiger partial charge in [-0.1, -0.05) is 60.7 Å². The van der Waals surface area contributed by atoms with Gasteiger partial charge in [0.25, 0.3) is 0 Å². The van der Waals surface area contributed by atoms with Gasteiger partial charge in [-0.3, -0.25) is 0 Å². The van der Waals surface area contributed by atoms with Crippen LogP contribution in [0.1, 0.15) is 23.6 Å². The molecule has 3 aromatic rings. The zero-order valence-electron chi connectivity index (χ0n) is 13.7. The van der Waals surface area contributed by atoms with Crippen LogP contribution in [0.4, 0.5) is 8.78 Å². The van der Waals surface area contributed by atoms with Crippen molar-refractivity contribution in [3.05, 3.63) is 107 Å². The van der Waals surface area contributed by atoms with E-state index in [0.29, 0.717) is 17.0 Å². The summed E-state index contributed by atoms with van der Waals surface area (Å²) in [7, 11) is 0. The van der Waals surface area contributed by atoms with E-state index in [1.807, 2.05) is 60.7 Å². The van der Waals surface area contributed by atoms with Gasteiger partial charge >= 0.3 is 0 Å². The predicted octanol–water partition coefficient (Wildman–Crippen LogP) is 5.23. The van der Waals surface area contributed by atoms with E-state index in [-0.39, 0.29) is 0 Å². The fourth-order valence-electron chi connectivity index (χ4n) is 2.42. The van der Waals surface area contributed by atoms with Gasteiger partial charge in [0, 0.05) is 22.8 Å². The van der Waals surface area contributed by atoms with E-state index in [9.17, 15) is 8.78 Å². The van der Waals surface area contributed by atoms with Crippen LogP contribution in [0.3, 0.4) is 0 Å². The Balaban J connectivity index is 2.04. The molecule has 2 nitrogen and oxygen atoms in total. The van der Waals surface area contributed by atoms with Gasteiger partial charge in [-0.05, 0) is 19.1 Å². The maximum absolute atomic E-state index is 13.4. The first kappa shape index (κ1) is 16.7.